The molecule has 7 heteroatoms. The molecule has 6 nitrogen and oxygen atoms in total. The summed E-state index contributed by atoms with van der Waals surface area (Å²) >= 11 is 1.62. The molecule has 0 bridgehead atoms. The van der Waals surface area contributed by atoms with Crippen LogP contribution in [0.15, 0.2) is 108 Å². The zero-order valence-corrected chi connectivity index (χ0v) is 21.5. The summed E-state index contributed by atoms with van der Waals surface area (Å²) in [6, 6.07) is 32.5. The molecule has 4 N–H and O–H groups in total. The Kier molecular flexibility index (Phi) is 8.10. The van der Waals surface area contributed by atoms with Gasteiger partial charge in [0.2, 0.25) is 0 Å². The highest BCUT2D eigenvalue weighted by molar-refractivity contribution is 7.99. The van der Waals surface area contributed by atoms with Crippen molar-refractivity contribution in [2.45, 2.75) is 35.9 Å². The lowest BCUT2D eigenvalue weighted by Crippen LogP contribution is -2.38. The maximum absolute atomic E-state index is 11.3. The monoisotopic (exact) mass is 527 g/mol. The van der Waals surface area contributed by atoms with Crippen molar-refractivity contribution in [2.75, 3.05) is 11.5 Å². The highest BCUT2D eigenvalue weighted by atomic mass is 32.2. The van der Waals surface area contributed by atoms with Crippen LogP contribution in [0.4, 0.5) is 5.69 Å². The molecular formula is C31H29NO5S. The van der Waals surface area contributed by atoms with Crippen molar-refractivity contribution in [1.29, 1.82) is 0 Å². The lowest BCUT2D eigenvalue weighted by molar-refractivity contribution is -0.255. The first-order valence-corrected chi connectivity index (χ1v) is 13.4. The van der Waals surface area contributed by atoms with Gasteiger partial charge in [-0.05, 0) is 53.1 Å². The van der Waals surface area contributed by atoms with Crippen molar-refractivity contribution in [1.82, 2.24) is 0 Å². The van der Waals surface area contributed by atoms with Crippen LogP contribution in [0.1, 0.15) is 50.9 Å². The van der Waals surface area contributed by atoms with Gasteiger partial charge in [0.15, 0.2) is 6.29 Å². The van der Waals surface area contributed by atoms with Gasteiger partial charge in [0, 0.05) is 27.8 Å². The summed E-state index contributed by atoms with van der Waals surface area (Å²) in [7, 11) is 0. The first kappa shape index (κ1) is 26.0. The molecule has 0 aromatic heterocycles. The first-order chi connectivity index (χ1) is 18.5. The predicted octanol–water partition coefficient (Wildman–Crippen LogP) is 6.19. The van der Waals surface area contributed by atoms with Gasteiger partial charge in [-0.3, -0.25) is 0 Å². The van der Waals surface area contributed by atoms with Crippen LogP contribution in [0.3, 0.4) is 0 Å². The number of nitrogens with two attached hydrogens (primary N) is 1. The van der Waals surface area contributed by atoms with E-state index in [9.17, 15) is 15.0 Å². The molecule has 4 aromatic rings. The second kappa shape index (κ2) is 11.8. The molecule has 0 radical (unpaired) electrons. The van der Waals surface area contributed by atoms with E-state index < -0.39 is 12.3 Å². The number of carbonyl (C=O) groups is 1. The van der Waals surface area contributed by atoms with E-state index in [0.717, 1.165) is 27.1 Å². The van der Waals surface area contributed by atoms with E-state index in [1.165, 1.54) is 0 Å². The third-order valence-electron chi connectivity index (χ3n) is 6.67. The molecule has 1 saturated heterocycles. The second-order valence-corrected chi connectivity index (χ2v) is 10.3. The second-order valence-electron chi connectivity index (χ2n) is 9.21. The molecule has 0 amide bonds. The zero-order valence-electron chi connectivity index (χ0n) is 20.6. The van der Waals surface area contributed by atoms with Crippen molar-refractivity contribution in [3.05, 3.63) is 131 Å². The van der Waals surface area contributed by atoms with Gasteiger partial charge in [-0.2, -0.15) is 0 Å². The number of hydrogen-bond donors (Lipinski definition) is 3. The number of rotatable bonds is 8. The third-order valence-corrected chi connectivity index (χ3v) is 7.77. The average Bonchev–Trinajstić information content (AvgIpc) is 2.96. The van der Waals surface area contributed by atoms with Gasteiger partial charge in [-0.1, -0.05) is 66.7 Å². The third kappa shape index (κ3) is 5.92. The van der Waals surface area contributed by atoms with Gasteiger partial charge < -0.3 is 25.4 Å². The van der Waals surface area contributed by atoms with Crippen LogP contribution < -0.4 is 5.73 Å². The van der Waals surface area contributed by atoms with Crippen molar-refractivity contribution in [2.24, 2.45) is 0 Å². The first-order valence-electron chi connectivity index (χ1n) is 12.4. The van der Waals surface area contributed by atoms with Crippen molar-refractivity contribution in [3.8, 4) is 0 Å². The molecule has 194 valence electrons. The Morgan fingerprint density at radius 3 is 2.18 bits per heavy atom. The van der Waals surface area contributed by atoms with E-state index in [1.807, 2.05) is 78.9 Å². The van der Waals surface area contributed by atoms with E-state index in [1.54, 1.807) is 23.9 Å². The van der Waals surface area contributed by atoms with Crippen LogP contribution in [0.25, 0.3) is 0 Å². The summed E-state index contributed by atoms with van der Waals surface area (Å²) < 4.78 is 13.3. The number of aromatic carboxylic acids is 1. The smallest absolute Gasteiger partial charge is 0.335 e. The minimum Gasteiger partial charge on any atom is -0.478 e. The lowest BCUT2D eigenvalue weighted by Gasteiger charge is -2.43. The molecule has 1 unspecified atom stereocenters. The van der Waals surface area contributed by atoms with Crippen LogP contribution in [0, 0.1) is 0 Å². The van der Waals surface area contributed by atoms with Crippen LogP contribution in [-0.4, -0.2) is 28.0 Å². The molecule has 0 saturated carbocycles. The molecule has 0 spiro atoms. The number of hydrogen-bond acceptors (Lipinski definition) is 6. The number of anilines is 1. The van der Waals surface area contributed by atoms with E-state index in [0.29, 0.717) is 11.4 Å². The van der Waals surface area contributed by atoms with Crippen LogP contribution >= 0.6 is 11.8 Å². The SMILES string of the molecule is Nc1cccc(C2O[C@H](CSc3ccc(C(=O)O)cc3)[C@@H](c3ccccc3)[C@H](c3ccc(CO)cc3)O2)c1. The topological polar surface area (TPSA) is 102 Å². The molecule has 4 atom stereocenters. The van der Waals surface area contributed by atoms with Gasteiger partial charge >= 0.3 is 5.97 Å². The summed E-state index contributed by atoms with van der Waals surface area (Å²) in [6.45, 7) is -0.0249. The number of ether oxygens (including phenoxy) is 2. The minimum absolute atomic E-state index is 0.0249. The van der Waals surface area contributed by atoms with Gasteiger partial charge in [0.25, 0.3) is 0 Å². The Labute approximate surface area is 226 Å². The van der Waals surface area contributed by atoms with E-state index in [4.69, 9.17) is 15.2 Å². The maximum Gasteiger partial charge on any atom is 0.335 e. The van der Waals surface area contributed by atoms with Crippen molar-refractivity contribution < 1.29 is 24.5 Å². The summed E-state index contributed by atoms with van der Waals surface area (Å²) in [6.07, 6.45) is -1.17. The normalized spacial score (nSPS) is 21.2. The molecule has 38 heavy (non-hydrogen) atoms. The molecule has 0 aliphatic carbocycles. The fourth-order valence-corrected chi connectivity index (χ4v) is 5.70. The predicted molar refractivity (Wildman–Crippen MR) is 148 cm³/mol. The van der Waals surface area contributed by atoms with Crippen LogP contribution in [0.5, 0.6) is 0 Å². The molecule has 1 aliphatic rings. The largest absolute Gasteiger partial charge is 0.478 e. The van der Waals surface area contributed by atoms with Gasteiger partial charge in [-0.15, -0.1) is 11.8 Å². The number of carboxylic acids is 1. The average molecular weight is 528 g/mol. The fraction of sp³-hybridized carbons (Fsp3) is 0.194. The van der Waals surface area contributed by atoms with E-state index in [2.05, 4.69) is 12.1 Å². The van der Waals surface area contributed by atoms with E-state index in [-0.39, 0.29) is 30.3 Å². The van der Waals surface area contributed by atoms with Crippen molar-refractivity contribution in [3.63, 3.8) is 0 Å². The van der Waals surface area contributed by atoms with Crippen LogP contribution in [0.2, 0.25) is 0 Å². The zero-order chi connectivity index (χ0) is 26.5. The van der Waals surface area contributed by atoms with Gasteiger partial charge in [-0.25, -0.2) is 4.79 Å². The standard InChI is InChI=1S/C31H29NO5S/c32-25-8-4-7-24(17-25)31-36-27(19-38-26-15-13-23(14-16-26)30(34)35)28(21-5-2-1-3-6-21)29(37-31)22-11-9-20(18-33)10-12-22/h1-17,27-29,31,33H,18-19,32H2,(H,34,35)/t27-,28-,29+,31?/m1/s1. The molecule has 4 aromatic carbocycles. The highest BCUT2D eigenvalue weighted by Gasteiger charge is 2.41. The Hall–Kier alpha value is -3.62. The highest BCUT2D eigenvalue weighted by Crippen LogP contribution is 2.48. The number of aliphatic hydroxyl groups excluding tert-OH is 1. The minimum atomic E-state index is -0.946. The Morgan fingerprint density at radius 2 is 1.53 bits per heavy atom. The van der Waals surface area contributed by atoms with Crippen LogP contribution in [-0.2, 0) is 16.1 Å². The number of aliphatic hydroxyl groups is 1. The molecule has 1 heterocycles. The summed E-state index contributed by atoms with van der Waals surface area (Å²) in [5.74, 6) is -0.433. The number of thioether (sulfide) groups is 1. The summed E-state index contributed by atoms with van der Waals surface area (Å²) in [5, 5.41) is 18.8. The number of carboxylic acid groups (broad SMARTS) is 1. The molecule has 1 aliphatic heterocycles. The van der Waals surface area contributed by atoms with E-state index >= 15 is 0 Å². The number of benzene rings is 4. The Bertz CT molecular complexity index is 1360. The molecule has 1 fully saturated rings. The Morgan fingerprint density at radius 1 is 0.816 bits per heavy atom. The Balaban J connectivity index is 1.51. The van der Waals surface area contributed by atoms with Crippen molar-refractivity contribution >= 4 is 23.4 Å². The summed E-state index contributed by atoms with van der Waals surface area (Å²) in [5.41, 5.74) is 10.7. The summed E-state index contributed by atoms with van der Waals surface area (Å²) in [4.78, 5) is 12.2. The quantitative estimate of drug-likeness (QED) is 0.185. The van der Waals surface area contributed by atoms with Gasteiger partial charge in [0.1, 0.15) is 0 Å². The van der Waals surface area contributed by atoms with Gasteiger partial charge in [0.05, 0.1) is 24.4 Å². The molecular weight excluding hydrogens is 498 g/mol. The molecule has 5 rings (SSSR count). The maximum atomic E-state index is 11.3. The fourth-order valence-electron chi connectivity index (χ4n) is 4.73. The number of nitrogen functional groups attached to an aromatic ring is 1. The lowest BCUT2D eigenvalue weighted by atomic mass is 9.84.